The lowest BCUT2D eigenvalue weighted by Gasteiger charge is -2.09. The zero-order chi connectivity index (χ0) is 20.6. The molecule has 2 aromatic rings. The normalized spacial score (nSPS) is 11.4. The van der Waals surface area contributed by atoms with Crippen LogP contribution < -0.4 is 9.47 Å². The molecule has 4 nitrogen and oxygen atoms in total. The van der Waals surface area contributed by atoms with E-state index in [9.17, 15) is 22.8 Å². The maximum atomic E-state index is 12.1. The molecule has 0 aliphatic carbocycles. The molecule has 0 fully saturated rings. The molecular formula is C20H16F3IO4. The van der Waals surface area contributed by atoms with Crippen LogP contribution >= 0.6 is 22.6 Å². The molecule has 2 rings (SSSR count). The molecule has 0 aliphatic heterocycles. The average molecular weight is 504 g/mol. The highest BCUT2D eigenvalue weighted by atomic mass is 127. The first-order chi connectivity index (χ1) is 13.2. The molecule has 148 valence electrons. The fourth-order valence-corrected chi connectivity index (χ4v) is 2.30. The Morgan fingerprint density at radius 2 is 1.57 bits per heavy atom. The number of halogens is 4. The van der Waals surface area contributed by atoms with E-state index in [2.05, 4.69) is 0 Å². The lowest BCUT2D eigenvalue weighted by Crippen LogP contribution is -2.10. The number of rotatable bonds is 8. The minimum atomic E-state index is -4.20. The van der Waals surface area contributed by atoms with Crippen LogP contribution in [0.4, 0.5) is 13.2 Å². The van der Waals surface area contributed by atoms with Gasteiger partial charge >= 0.3 is 12.1 Å². The van der Waals surface area contributed by atoms with Gasteiger partial charge in [-0.3, -0.25) is 4.79 Å². The topological polar surface area (TPSA) is 52.6 Å². The summed E-state index contributed by atoms with van der Waals surface area (Å²) in [6.07, 6.45) is -2.16. The molecule has 0 bridgehead atoms. The summed E-state index contributed by atoms with van der Waals surface area (Å²) in [5.74, 6) is 0.143. The molecule has 0 heterocycles. The monoisotopic (exact) mass is 504 g/mol. The van der Waals surface area contributed by atoms with Crippen LogP contribution in [-0.4, -0.2) is 22.5 Å². The van der Waals surface area contributed by atoms with Crippen molar-refractivity contribution >= 4 is 38.4 Å². The van der Waals surface area contributed by atoms with Crippen LogP contribution in [0.25, 0.3) is 6.08 Å². The van der Waals surface area contributed by atoms with Crippen molar-refractivity contribution in [2.75, 3.05) is 6.61 Å². The fourth-order valence-electron chi connectivity index (χ4n) is 2.12. The second-order valence-corrected chi connectivity index (χ2v) is 6.75. The Morgan fingerprint density at radius 3 is 2.14 bits per heavy atom. The first-order valence-corrected chi connectivity index (χ1v) is 9.30. The molecule has 0 N–H and O–H groups in total. The van der Waals surface area contributed by atoms with Crippen molar-refractivity contribution in [1.82, 2.24) is 0 Å². The van der Waals surface area contributed by atoms with Crippen LogP contribution in [0.1, 0.15) is 28.8 Å². The van der Waals surface area contributed by atoms with E-state index in [1.54, 1.807) is 52.9 Å². The van der Waals surface area contributed by atoms with Crippen LogP contribution in [0, 0.1) is 0 Å². The van der Waals surface area contributed by atoms with Crippen molar-refractivity contribution in [2.24, 2.45) is 0 Å². The van der Waals surface area contributed by atoms with E-state index in [1.807, 2.05) is 0 Å². The van der Waals surface area contributed by atoms with Crippen LogP contribution in [-0.2, 0) is 4.79 Å². The van der Waals surface area contributed by atoms with Crippen LogP contribution in [0.15, 0.2) is 54.6 Å². The number of benzene rings is 2. The molecule has 8 heteroatoms. The van der Waals surface area contributed by atoms with Gasteiger partial charge in [-0.2, -0.15) is 13.2 Å². The number of hydrogen-bond donors (Lipinski definition) is 0. The van der Waals surface area contributed by atoms with Crippen LogP contribution in [0.2, 0.25) is 0 Å². The summed E-state index contributed by atoms with van der Waals surface area (Å²) < 4.78 is 46.6. The summed E-state index contributed by atoms with van der Waals surface area (Å²) in [6.45, 7) is -0.0622. The third-order valence-electron chi connectivity index (χ3n) is 3.46. The lowest BCUT2D eigenvalue weighted by atomic mass is 10.2. The van der Waals surface area contributed by atoms with Crippen LogP contribution in [0.3, 0.4) is 0 Å². The van der Waals surface area contributed by atoms with Crippen molar-refractivity contribution in [3.8, 4) is 11.5 Å². The van der Waals surface area contributed by atoms with E-state index in [0.29, 0.717) is 11.5 Å². The minimum Gasteiger partial charge on any atom is -0.494 e. The minimum absolute atomic E-state index is 0.0622. The Hall–Kier alpha value is -2.36. The molecule has 0 unspecified atom stereocenters. The van der Waals surface area contributed by atoms with E-state index in [1.165, 1.54) is 30.3 Å². The van der Waals surface area contributed by atoms with E-state index in [0.717, 1.165) is 5.56 Å². The molecule has 28 heavy (non-hydrogen) atoms. The van der Waals surface area contributed by atoms with Gasteiger partial charge in [-0.25, -0.2) is 4.79 Å². The number of carbonyl (C=O) groups excluding carboxylic acids is 2. The van der Waals surface area contributed by atoms with Gasteiger partial charge in [0.15, 0.2) is 0 Å². The van der Waals surface area contributed by atoms with E-state index in [-0.39, 0.29) is 22.4 Å². The molecular weight excluding hydrogens is 488 g/mol. The van der Waals surface area contributed by atoms with Gasteiger partial charge in [0.1, 0.15) is 11.5 Å². The predicted molar refractivity (Wildman–Crippen MR) is 107 cm³/mol. The quantitative estimate of drug-likeness (QED) is 0.117. The highest BCUT2D eigenvalue weighted by Gasteiger charge is 2.26. The second-order valence-electron chi connectivity index (χ2n) is 5.69. The Kier molecular flexibility index (Phi) is 8.04. The first kappa shape index (κ1) is 21.9. The summed E-state index contributed by atoms with van der Waals surface area (Å²) in [5, 5.41) is 0. The van der Waals surface area contributed by atoms with Crippen molar-refractivity contribution in [3.05, 3.63) is 65.7 Å². The first-order valence-electron chi connectivity index (χ1n) is 8.22. The van der Waals surface area contributed by atoms with Gasteiger partial charge in [0.2, 0.25) is 3.79 Å². The van der Waals surface area contributed by atoms with Gasteiger partial charge in [-0.1, -0.05) is 18.2 Å². The number of alkyl halides is 3. The number of esters is 1. The summed E-state index contributed by atoms with van der Waals surface area (Å²) in [7, 11) is 0. The molecule has 0 aromatic heterocycles. The maximum Gasteiger partial charge on any atom is 0.389 e. The zero-order valence-corrected chi connectivity index (χ0v) is 16.7. The Bertz CT molecular complexity index is 828. The molecule has 0 amide bonds. The molecule has 2 aromatic carbocycles. The summed E-state index contributed by atoms with van der Waals surface area (Å²) in [5.41, 5.74) is 1.07. The molecule has 0 saturated carbocycles. The SMILES string of the molecule is O=C(I)/C=C/c1ccc(OC(=O)c2ccc(OCCCC(F)(F)F)cc2)cc1. The molecule has 0 aliphatic rings. The fraction of sp³-hybridized carbons (Fsp3) is 0.200. The summed E-state index contributed by atoms with van der Waals surface area (Å²) in [4.78, 5) is 23.0. The zero-order valence-electron chi connectivity index (χ0n) is 14.5. The van der Waals surface area contributed by atoms with Crippen molar-refractivity contribution in [2.45, 2.75) is 19.0 Å². The van der Waals surface area contributed by atoms with Crippen molar-refractivity contribution < 1.29 is 32.2 Å². The highest BCUT2D eigenvalue weighted by molar-refractivity contribution is 14.1. The van der Waals surface area contributed by atoms with Gasteiger partial charge < -0.3 is 9.47 Å². The van der Waals surface area contributed by atoms with Crippen molar-refractivity contribution in [1.29, 1.82) is 0 Å². The molecule has 0 saturated heterocycles. The smallest absolute Gasteiger partial charge is 0.389 e. The predicted octanol–water partition coefficient (Wildman–Crippen LogP) is 5.60. The summed E-state index contributed by atoms with van der Waals surface area (Å²) in [6, 6.07) is 12.6. The van der Waals surface area contributed by atoms with Gasteiger partial charge in [0, 0.05) is 29.0 Å². The Labute approximate surface area is 173 Å². The van der Waals surface area contributed by atoms with Crippen molar-refractivity contribution in [3.63, 3.8) is 0 Å². The Morgan fingerprint density at radius 1 is 0.964 bits per heavy atom. The number of ether oxygens (including phenoxy) is 2. The second kappa shape index (κ2) is 10.3. The highest BCUT2D eigenvalue weighted by Crippen LogP contribution is 2.22. The van der Waals surface area contributed by atoms with Gasteiger partial charge in [-0.05, 0) is 54.5 Å². The van der Waals surface area contributed by atoms with E-state index < -0.39 is 18.6 Å². The van der Waals surface area contributed by atoms with E-state index >= 15 is 0 Å². The lowest BCUT2D eigenvalue weighted by molar-refractivity contribution is -0.136. The number of hydrogen-bond acceptors (Lipinski definition) is 4. The van der Waals surface area contributed by atoms with Crippen LogP contribution in [0.5, 0.6) is 11.5 Å². The number of carbonyl (C=O) groups is 2. The average Bonchev–Trinajstić information content (AvgIpc) is 2.64. The largest absolute Gasteiger partial charge is 0.494 e. The third kappa shape index (κ3) is 8.12. The molecule has 0 radical (unpaired) electrons. The number of allylic oxidation sites excluding steroid dienone is 1. The van der Waals surface area contributed by atoms with E-state index in [4.69, 9.17) is 9.47 Å². The van der Waals surface area contributed by atoms with Gasteiger partial charge in [-0.15, -0.1) is 0 Å². The Balaban J connectivity index is 1.86. The molecule has 0 atom stereocenters. The van der Waals surface area contributed by atoms with Gasteiger partial charge in [0.25, 0.3) is 0 Å². The maximum absolute atomic E-state index is 12.1. The summed E-state index contributed by atoms with van der Waals surface area (Å²) >= 11 is 1.66. The standard InChI is InChI=1S/C20H16F3IO4/c21-20(22,23)12-1-13-27-16-9-5-15(6-10-16)19(26)28-17-7-2-14(3-8-17)4-11-18(24)25/h2-11H,1,12-13H2/b11-4+. The third-order valence-corrected chi connectivity index (χ3v) is 3.82. The molecule has 0 spiro atoms. The van der Waals surface area contributed by atoms with Gasteiger partial charge in [0.05, 0.1) is 12.2 Å².